The molecule has 198 valence electrons. The molecule has 8 nitrogen and oxygen atoms in total. The number of imidazole rings is 1. The van der Waals surface area contributed by atoms with Gasteiger partial charge in [0.1, 0.15) is 17.7 Å². The molecule has 36 heavy (non-hydrogen) atoms. The van der Waals surface area contributed by atoms with E-state index >= 15 is 0 Å². The van der Waals surface area contributed by atoms with Gasteiger partial charge in [0, 0.05) is 19.4 Å². The van der Waals surface area contributed by atoms with Gasteiger partial charge in [-0.15, -0.1) is 0 Å². The molecule has 1 aromatic carbocycles. The fourth-order valence-corrected chi connectivity index (χ4v) is 5.47. The van der Waals surface area contributed by atoms with E-state index in [0.29, 0.717) is 6.42 Å². The van der Waals surface area contributed by atoms with Crippen LogP contribution in [0.4, 0.5) is 0 Å². The van der Waals surface area contributed by atoms with E-state index in [1.165, 1.54) is 0 Å². The molecule has 0 aliphatic carbocycles. The number of aryl methyl sites for hydroxylation is 2. The number of ketones is 1. The van der Waals surface area contributed by atoms with Crippen LogP contribution in [0, 0.1) is 24.2 Å². The molecule has 0 saturated carbocycles. The van der Waals surface area contributed by atoms with Crippen molar-refractivity contribution in [3.8, 4) is 0 Å². The molecule has 0 radical (unpaired) electrons. The highest BCUT2D eigenvalue weighted by Crippen LogP contribution is 2.39. The van der Waals surface area contributed by atoms with Gasteiger partial charge < -0.3 is 24.3 Å². The average Bonchev–Trinajstić information content (AvgIpc) is 3.51. The number of hydrogen-bond donors (Lipinski definition) is 2. The average molecular weight is 501 g/mol. The van der Waals surface area contributed by atoms with Crippen molar-refractivity contribution in [2.75, 3.05) is 0 Å². The van der Waals surface area contributed by atoms with E-state index in [9.17, 15) is 19.8 Å². The van der Waals surface area contributed by atoms with Gasteiger partial charge in [-0.25, -0.2) is 4.98 Å². The number of carbonyl (C=O) groups is 2. The largest absolute Gasteiger partial charge is 0.457 e. The molecule has 4 rings (SSSR count). The highest BCUT2D eigenvalue weighted by molar-refractivity contribution is 5.88. The van der Waals surface area contributed by atoms with Gasteiger partial charge in [0.2, 0.25) is 0 Å². The minimum Gasteiger partial charge on any atom is -0.457 e. The highest BCUT2D eigenvalue weighted by atomic mass is 16.6. The van der Waals surface area contributed by atoms with Gasteiger partial charge in [0.05, 0.1) is 47.3 Å². The van der Waals surface area contributed by atoms with Gasteiger partial charge in [0.15, 0.2) is 0 Å². The number of ether oxygens (including phenoxy) is 2. The second-order valence-electron chi connectivity index (χ2n) is 11.4. The standard InChI is InChI=1S/C28H40N2O6/c1-15-8-7-9-21-23(35-21)13-22(18-10-11-20-19(12-18)29-17(3)30(20)6)36-25(32)14-24(31)28(4,5)27(34)16(2)26(15)33/h10-12,15-16,21-24,26,31,33H,7-9,13-14H2,1-6H3/t15-,16+,21+,22-,23-,24-,26-/m0/s1. The van der Waals surface area contributed by atoms with Crippen molar-refractivity contribution < 1.29 is 29.3 Å². The number of nitrogens with zero attached hydrogens (tertiary/aromatic N) is 2. The molecule has 0 bridgehead atoms. The number of hydrogen-bond acceptors (Lipinski definition) is 7. The molecule has 3 heterocycles. The normalized spacial score (nSPS) is 34.3. The van der Waals surface area contributed by atoms with Gasteiger partial charge in [-0.3, -0.25) is 9.59 Å². The van der Waals surface area contributed by atoms with E-state index in [0.717, 1.165) is 41.7 Å². The maximum absolute atomic E-state index is 13.2. The molecule has 2 aromatic rings. The molecule has 0 unspecified atom stereocenters. The van der Waals surface area contributed by atoms with Crippen LogP contribution in [0.25, 0.3) is 11.0 Å². The maximum Gasteiger partial charge on any atom is 0.309 e. The minimum atomic E-state index is -1.23. The third-order valence-electron chi connectivity index (χ3n) is 8.39. The summed E-state index contributed by atoms with van der Waals surface area (Å²) >= 11 is 0. The van der Waals surface area contributed by atoms with Crippen LogP contribution < -0.4 is 0 Å². The van der Waals surface area contributed by atoms with Crippen molar-refractivity contribution in [1.82, 2.24) is 9.55 Å². The number of cyclic esters (lactones) is 1. The Morgan fingerprint density at radius 2 is 1.83 bits per heavy atom. The Morgan fingerprint density at radius 3 is 2.56 bits per heavy atom. The van der Waals surface area contributed by atoms with Crippen LogP contribution in [0.1, 0.15) is 77.3 Å². The van der Waals surface area contributed by atoms with Crippen LogP contribution in [0.3, 0.4) is 0 Å². The molecule has 2 aliphatic heterocycles. The Bertz CT molecular complexity index is 1120. The Kier molecular flexibility index (Phi) is 7.60. The zero-order chi connectivity index (χ0) is 26.4. The summed E-state index contributed by atoms with van der Waals surface area (Å²) in [4.78, 5) is 30.8. The van der Waals surface area contributed by atoms with E-state index in [1.54, 1.807) is 20.8 Å². The number of rotatable bonds is 1. The van der Waals surface area contributed by atoms with E-state index in [4.69, 9.17) is 9.47 Å². The Labute approximate surface area is 213 Å². The summed E-state index contributed by atoms with van der Waals surface area (Å²) in [5.41, 5.74) is 1.45. The summed E-state index contributed by atoms with van der Waals surface area (Å²) < 4.78 is 13.8. The highest BCUT2D eigenvalue weighted by Gasteiger charge is 2.44. The first-order valence-corrected chi connectivity index (χ1v) is 13.1. The number of benzene rings is 1. The first-order chi connectivity index (χ1) is 16.9. The molecule has 1 aromatic heterocycles. The van der Waals surface area contributed by atoms with Crippen molar-refractivity contribution in [3.63, 3.8) is 0 Å². The zero-order valence-corrected chi connectivity index (χ0v) is 22.2. The monoisotopic (exact) mass is 500 g/mol. The maximum atomic E-state index is 13.2. The molecule has 0 amide bonds. The summed E-state index contributed by atoms with van der Waals surface area (Å²) in [6, 6.07) is 5.88. The smallest absolute Gasteiger partial charge is 0.309 e. The number of fused-ring (bicyclic) bond motifs is 2. The summed E-state index contributed by atoms with van der Waals surface area (Å²) in [5, 5.41) is 21.7. The number of aromatic nitrogens is 2. The molecular weight excluding hydrogens is 460 g/mol. The fraction of sp³-hybridized carbons (Fsp3) is 0.679. The molecule has 8 heteroatoms. The van der Waals surface area contributed by atoms with Gasteiger partial charge in [0.25, 0.3) is 0 Å². The summed E-state index contributed by atoms with van der Waals surface area (Å²) in [6.45, 7) is 8.85. The van der Waals surface area contributed by atoms with E-state index in [-0.39, 0.29) is 30.3 Å². The lowest BCUT2D eigenvalue weighted by atomic mass is 9.73. The fourth-order valence-electron chi connectivity index (χ4n) is 5.47. The van der Waals surface area contributed by atoms with Gasteiger partial charge >= 0.3 is 5.97 Å². The summed E-state index contributed by atoms with van der Waals surface area (Å²) in [5.74, 6) is -0.650. The van der Waals surface area contributed by atoms with E-state index in [1.807, 2.05) is 43.7 Å². The van der Waals surface area contributed by atoms with Crippen LogP contribution in [-0.4, -0.2) is 55.9 Å². The van der Waals surface area contributed by atoms with Crippen molar-refractivity contribution in [2.24, 2.45) is 24.3 Å². The summed E-state index contributed by atoms with van der Waals surface area (Å²) in [7, 11) is 1.96. The predicted octanol–water partition coefficient (Wildman–Crippen LogP) is 3.79. The molecule has 2 fully saturated rings. The third-order valence-corrected chi connectivity index (χ3v) is 8.39. The van der Waals surface area contributed by atoms with Gasteiger partial charge in [-0.05, 0) is 43.4 Å². The quantitative estimate of drug-likeness (QED) is 0.452. The van der Waals surface area contributed by atoms with E-state index < -0.39 is 35.6 Å². The molecule has 2 saturated heterocycles. The van der Waals surface area contributed by atoms with E-state index in [2.05, 4.69) is 4.98 Å². The molecule has 7 atom stereocenters. The molecule has 2 N–H and O–H groups in total. The first-order valence-electron chi connectivity index (χ1n) is 13.1. The molecule has 0 spiro atoms. The number of aliphatic hydroxyl groups excluding tert-OH is 2. The van der Waals surface area contributed by atoms with Crippen molar-refractivity contribution in [2.45, 2.75) is 97.2 Å². The zero-order valence-electron chi connectivity index (χ0n) is 22.2. The van der Waals surface area contributed by atoms with Crippen molar-refractivity contribution >= 4 is 22.8 Å². The van der Waals surface area contributed by atoms with Crippen LogP contribution >= 0.6 is 0 Å². The Hall–Kier alpha value is -2.29. The second kappa shape index (κ2) is 10.2. The lowest BCUT2D eigenvalue weighted by Crippen LogP contribution is -2.45. The van der Waals surface area contributed by atoms with Gasteiger partial charge in [-0.1, -0.05) is 40.2 Å². The lowest BCUT2D eigenvalue weighted by Gasteiger charge is -2.34. The number of esters is 1. The molecule has 2 aliphatic rings. The van der Waals surface area contributed by atoms with Crippen molar-refractivity contribution in [3.05, 3.63) is 29.6 Å². The SMILES string of the molecule is Cc1nc2cc([C@@H]3C[C@@H]4O[C@@H]4CCC[C@H](C)[C@H](O)[C@@H](C)C(=O)C(C)(C)[C@@H](O)CC(=O)O3)ccc2n1C. The van der Waals surface area contributed by atoms with Crippen LogP contribution in [0.2, 0.25) is 0 Å². The van der Waals surface area contributed by atoms with Crippen molar-refractivity contribution in [1.29, 1.82) is 0 Å². The van der Waals surface area contributed by atoms with Gasteiger partial charge in [-0.2, -0.15) is 0 Å². The first kappa shape index (κ1) is 26.8. The van der Waals surface area contributed by atoms with Crippen LogP contribution in [-0.2, 0) is 26.1 Å². The Morgan fingerprint density at radius 1 is 1.11 bits per heavy atom. The third kappa shape index (κ3) is 5.36. The number of Topliss-reactive ketones (excluding diaryl/α,β-unsaturated/α-hetero) is 1. The second-order valence-corrected chi connectivity index (χ2v) is 11.4. The van der Waals surface area contributed by atoms with Crippen LogP contribution in [0.15, 0.2) is 18.2 Å². The predicted molar refractivity (Wildman–Crippen MR) is 135 cm³/mol. The topological polar surface area (TPSA) is 114 Å². The molecular formula is C28H40N2O6. The van der Waals surface area contributed by atoms with Crippen LogP contribution in [0.5, 0.6) is 0 Å². The number of carbonyl (C=O) groups excluding carboxylic acids is 2. The minimum absolute atomic E-state index is 0.0148. The number of epoxide rings is 1. The number of aliphatic hydroxyl groups is 2. The lowest BCUT2D eigenvalue weighted by molar-refractivity contribution is -0.156. The Balaban J connectivity index is 1.60. The summed E-state index contributed by atoms with van der Waals surface area (Å²) in [6.07, 6.45) is 0.196.